The Morgan fingerprint density at radius 2 is 1.00 bits per heavy atom. The summed E-state index contributed by atoms with van der Waals surface area (Å²) in [7, 11) is -2.17. The van der Waals surface area contributed by atoms with E-state index in [9.17, 15) is 0 Å². The SMILES string of the molecule is OB(O)O.[Fe].[LiH]. The standard InChI is InChI=1S/BH3O3.Fe.Li.H/c2-1(3)4;;;/h2-4H;;;. The van der Waals surface area contributed by atoms with Crippen LogP contribution in [0.15, 0.2) is 0 Å². The minimum atomic E-state index is -2.17. The molecule has 0 spiro atoms. The van der Waals surface area contributed by atoms with Crippen LogP contribution in [0, 0.1) is 0 Å². The predicted octanol–water partition coefficient (Wildman–Crippen LogP) is -2.70. The number of hydrogen-bond donors (Lipinski definition) is 3. The Balaban J connectivity index is -0.0000000450. The fourth-order valence-corrected chi connectivity index (χ4v) is 0. The third kappa shape index (κ3) is 74.1. The maximum atomic E-state index is 7.17. The van der Waals surface area contributed by atoms with Crippen LogP contribution < -0.4 is 0 Å². The van der Waals surface area contributed by atoms with E-state index in [2.05, 4.69) is 0 Å². The summed E-state index contributed by atoms with van der Waals surface area (Å²) in [6, 6.07) is 0. The van der Waals surface area contributed by atoms with Gasteiger partial charge in [0, 0.05) is 17.1 Å². The molecule has 0 radical (unpaired) electrons. The van der Waals surface area contributed by atoms with Gasteiger partial charge in [-0.05, 0) is 0 Å². The molecule has 0 saturated heterocycles. The van der Waals surface area contributed by atoms with Gasteiger partial charge in [-0.25, -0.2) is 0 Å². The van der Waals surface area contributed by atoms with Crippen LogP contribution in [-0.4, -0.2) is 41.3 Å². The second-order valence-electron chi connectivity index (χ2n) is 0.346. The third-order valence-electron chi connectivity index (χ3n) is 0. The maximum absolute atomic E-state index is 7.17. The van der Waals surface area contributed by atoms with E-state index >= 15 is 0 Å². The molecule has 0 aromatic carbocycles. The van der Waals surface area contributed by atoms with Crippen LogP contribution in [0.3, 0.4) is 0 Å². The molecule has 0 saturated carbocycles. The van der Waals surface area contributed by atoms with E-state index in [0.29, 0.717) is 0 Å². The second kappa shape index (κ2) is 9.41. The Labute approximate surface area is 58.6 Å². The van der Waals surface area contributed by atoms with Crippen molar-refractivity contribution in [3.05, 3.63) is 0 Å². The molecule has 0 unspecified atom stereocenters. The zero-order chi connectivity index (χ0) is 3.58. The molecule has 0 aromatic heterocycles. The van der Waals surface area contributed by atoms with Crippen molar-refractivity contribution in [2.45, 2.75) is 0 Å². The zero-order valence-corrected chi connectivity index (χ0v) is 3.38. The van der Waals surface area contributed by atoms with Gasteiger partial charge in [0.1, 0.15) is 0 Å². The Hall–Kier alpha value is 1.06. The summed E-state index contributed by atoms with van der Waals surface area (Å²) in [6.45, 7) is 0. The van der Waals surface area contributed by atoms with Crippen molar-refractivity contribution in [3.8, 4) is 0 Å². The minimum absolute atomic E-state index is 0. The monoisotopic (exact) mass is 126 g/mol. The molecular formula is H4BFeLiO3. The van der Waals surface area contributed by atoms with E-state index in [1.807, 2.05) is 0 Å². The molecule has 0 bridgehead atoms. The molecule has 0 amide bonds. The molecule has 0 aromatic rings. The third-order valence-corrected chi connectivity index (χ3v) is 0. The predicted molar refractivity (Wildman–Crippen MR) is 19.6 cm³/mol. The van der Waals surface area contributed by atoms with Crippen molar-refractivity contribution in [1.29, 1.82) is 0 Å². The van der Waals surface area contributed by atoms with Gasteiger partial charge >= 0.3 is 26.2 Å². The zero-order valence-electron chi connectivity index (χ0n) is 2.27. The van der Waals surface area contributed by atoms with Crippen LogP contribution >= 0.6 is 0 Å². The number of rotatable bonds is 0. The quantitative estimate of drug-likeness (QED) is 0.309. The van der Waals surface area contributed by atoms with Gasteiger partial charge in [0.15, 0.2) is 0 Å². The normalized spacial score (nSPS) is 4.50. The molecule has 0 fully saturated rings. The van der Waals surface area contributed by atoms with Gasteiger partial charge < -0.3 is 15.1 Å². The molecule has 6 heteroatoms. The summed E-state index contributed by atoms with van der Waals surface area (Å²) in [5, 5.41) is 21.5. The van der Waals surface area contributed by atoms with Crippen LogP contribution in [0.1, 0.15) is 0 Å². The van der Waals surface area contributed by atoms with Crippen molar-refractivity contribution in [3.63, 3.8) is 0 Å². The van der Waals surface area contributed by atoms with Crippen LogP contribution in [0.5, 0.6) is 0 Å². The topological polar surface area (TPSA) is 60.7 Å². The van der Waals surface area contributed by atoms with E-state index in [1.165, 1.54) is 0 Å². The summed E-state index contributed by atoms with van der Waals surface area (Å²) in [4.78, 5) is 0. The van der Waals surface area contributed by atoms with Crippen molar-refractivity contribution in [2.24, 2.45) is 0 Å². The molecule has 0 aliphatic rings. The Morgan fingerprint density at radius 3 is 1.00 bits per heavy atom. The number of hydrogen-bond acceptors (Lipinski definition) is 3. The van der Waals surface area contributed by atoms with Gasteiger partial charge in [0.05, 0.1) is 0 Å². The van der Waals surface area contributed by atoms with Gasteiger partial charge in [0.25, 0.3) is 0 Å². The van der Waals surface area contributed by atoms with E-state index in [0.717, 1.165) is 0 Å². The Kier molecular flexibility index (Phi) is 24.7. The molecule has 3 N–H and O–H groups in total. The fraction of sp³-hybridized carbons (Fsp3) is 0. The fourth-order valence-electron chi connectivity index (χ4n) is 0. The van der Waals surface area contributed by atoms with E-state index < -0.39 is 7.32 Å². The van der Waals surface area contributed by atoms with Crippen molar-refractivity contribution < 1.29 is 32.1 Å². The average molecular weight is 126 g/mol. The molecule has 0 rings (SSSR count). The first-order chi connectivity index (χ1) is 1.73. The Bertz CT molecular complexity index is 15.5. The van der Waals surface area contributed by atoms with Crippen molar-refractivity contribution in [2.75, 3.05) is 0 Å². The average Bonchev–Trinajstić information content (AvgIpc) is 0.811. The summed E-state index contributed by atoms with van der Waals surface area (Å²) < 4.78 is 0. The second-order valence-corrected chi connectivity index (χ2v) is 0.346. The van der Waals surface area contributed by atoms with Crippen LogP contribution in [0.4, 0.5) is 0 Å². The molecule has 0 atom stereocenters. The van der Waals surface area contributed by atoms with Crippen LogP contribution in [0.2, 0.25) is 0 Å². The van der Waals surface area contributed by atoms with Gasteiger partial charge in [0.2, 0.25) is 0 Å². The summed E-state index contributed by atoms with van der Waals surface area (Å²) >= 11 is 0. The molecule has 6 heavy (non-hydrogen) atoms. The summed E-state index contributed by atoms with van der Waals surface area (Å²) in [6.07, 6.45) is 0. The van der Waals surface area contributed by atoms with Crippen LogP contribution in [-0.2, 0) is 17.1 Å². The van der Waals surface area contributed by atoms with Gasteiger partial charge in [-0.1, -0.05) is 0 Å². The first kappa shape index (κ1) is 15.7. The Morgan fingerprint density at radius 1 is 1.00 bits per heavy atom. The molecule has 0 heterocycles. The van der Waals surface area contributed by atoms with Crippen molar-refractivity contribution >= 4 is 26.2 Å². The summed E-state index contributed by atoms with van der Waals surface area (Å²) in [5.41, 5.74) is 0. The first-order valence-electron chi connectivity index (χ1n) is 0.775. The molecule has 0 aliphatic carbocycles. The first-order valence-corrected chi connectivity index (χ1v) is 0.775. The molecule has 3 nitrogen and oxygen atoms in total. The van der Waals surface area contributed by atoms with Gasteiger partial charge in [-0.2, -0.15) is 0 Å². The summed E-state index contributed by atoms with van der Waals surface area (Å²) in [5.74, 6) is 0. The van der Waals surface area contributed by atoms with Gasteiger partial charge in [-0.3, -0.25) is 0 Å². The van der Waals surface area contributed by atoms with Crippen LogP contribution in [0.25, 0.3) is 0 Å². The molecule has 34 valence electrons. The molecular weight excluding hydrogens is 122 g/mol. The molecule has 0 aliphatic heterocycles. The van der Waals surface area contributed by atoms with Gasteiger partial charge in [-0.15, -0.1) is 0 Å². The van der Waals surface area contributed by atoms with Crippen molar-refractivity contribution in [1.82, 2.24) is 0 Å². The van der Waals surface area contributed by atoms with E-state index in [-0.39, 0.29) is 35.9 Å². The van der Waals surface area contributed by atoms with E-state index in [1.54, 1.807) is 0 Å². The van der Waals surface area contributed by atoms with E-state index in [4.69, 9.17) is 15.1 Å².